The smallest absolute Gasteiger partial charge is 0.455 e. The van der Waals surface area contributed by atoms with Crippen LogP contribution in [0.2, 0.25) is 0 Å². The van der Waals surface area contributed by atoms with E-state index >= 15 is 0 Å². The van der Waals surface area contributed by atoms with Crippen molar-refractivity contribution in [3.05, 3.63) is 82.6 Å². The van der Waals surface area contributed by atoms with Gasteiger partial charge in [-0.05, 0) is 67.5 Å². The van der Waals surface area contributed by atoms with E-state index in [1.54, 1.807) is 48.5 Å². The Morgan fingerprint density at radius 1 is 0.432 bits per heavy atom. The van der Waals surface area contributed by atoms with E-state index < -0.39 is 43.1 Å². The van der Waals surface area contributed by atoms with Crippen LogP contribution in [-0.2, 0) is 9.13 Å². The molecule has 0 amide bonds. The number of aromatic nitrogens is 1. The van der Waals surface area contributed by atoms with Crippen LogP contribution in [0.4, 0.5) is 13.2 Å². The molecule has 3 aromatic carbocycles. The summed E-state index contributed by atoms with van der Waals surface area (Å²) in [5.74, 6) is -3.35. The molecule has 1 aromatic heterocycles. The number of alkyl halides is 3. The number of pyridine rings is 1. The fourth-order valence-corrected chi connectivity index (χ4v) is 17.2. The van der Waals surface area contributed by atoms with E-state index in [0.717, 1.165) is 41.5 Å². The Bertz CT molecular complexity index is 2220. The number of carbonyl (C=O) groups is 1. The molecule has 1 heterocycles. The SMILES string of the molecule is CCCCCCCCP(=O)(CCCCCCCC)CCCCCCCC.CCCCCCCCP(=O)(CCCCCCCC)CCCCCCCC.O=C(c1c(O)c2c3ccccc3ccc2n(-c2ccccc2)c1=O)C(F)(F)F.[Eu]. The van der Waals surface area contributed by atoms with Gasteiger partial charge in [0.05, 0.1) is 19.8 Å². The molecule has 0 unspecified atom stereocenters. The van der Waals surface area contributed by atoms with E-state index in [-0.39, 0.29) is 66.0 Å². The maximum Gasteiger partial charge on any atom is 0.455 e. The van der Waals surface area contributed by atoms with Crippen LogP contribution in [-0.4, -0.2) is 58.6 Å². The van der Waals surface area contributed by atoms with Crippen molar-refractivity contribution in [1.82, 2.24) is 4.57 Å². The number of aromatic hydroxyl groups is 1. The first-order valence-electron chi connectivity index (χ1n) is 32.8. The van der Waals surface area contributed by atoms with Crippen LogP contribution >= 0.6 is 14.3 Å². The van der Waals surface area contributed by atoms with E-state index in [2.05, 4.69) is 41.5 Å². The van der Waals surface area contributed by atoms with Crippen molar-refractivity contribution in [1.29, 1.82) is 0 Å². The van der Waals surface area contributed by atoms with Crippen molar-refractivity contribution < 1.29 is 81.6 Å². The second-order valence-corrected chi connectivity index (χ2v) is 30.2. The van der Waals surface area contributed by atoms with Crippen LogP contribution in [0.5, 0.6) is 5.75 Å². The number of benzene rings is 3. The number of halogens is 3. The average molecular weight is 1310 g/mol. The van der Waals surface area contributed by atoms with Gasteiger partial charge in [-0.15, -0.1) is 0 Å². The third kappa shape index (κ3) is 32.7. The van der Waals surface area contributed by atoms with Crippen LogP contribution < -0.4 is 5.56 Å². The first-order chi connectivity index (χ1) is 38.7. The number of nitrogens with zero attached hydrogens (tertiary/aromatic N) is 1. The van der Waals surface area contributed by atoms with Gasteiger partial charge in [0.15, 0.2) is 0 Å². The minimum atomic E-state index is -5.30. The number of para-hydroxylation sites is 1. The van der Waals surface area contributed by atoms with Gasteiger partial charge in [-0.1, -0.05) is 283 Å². The molecule has 4 rings (SSSR count). The second-order valence-electron chi connectivity index (χ2n) is 23.3. The van der Waals surface area contributed by atoms with Crippen molar-refractivity contribution in [2.75, 3.05) is 37.0 Å². The predicted octanol–water partition coefficient (Wildman–Crippen LogP) is 23.5. The number of hydrogen-bond donors (Lipinski definition) is 1. The van der Waals surface area contributed by atoms with Gasteiger partial charge in [0.1, 0.15) is 11.3 Å². The summed E-state index contributed by atoms with van der Waals surface area (Å²) in [4.78, 5) is 24.9. The van der Waals surface area contributed by atoms with Gasteiger partial charge in [0.25, 0.3) is 11.3 Å². The normalized spacial score (nSPS) is 11.8. The summed E-state index contributed by atoms with van der Waals surface area (Å²) < 4.78 is 67.4. The minimum Gasteiger partial charge on any atom is -0.506 e. The molecule has 4 aromatic rings. The van der Waals surface area contributed by atoms with Crippen molar-refractivity contribution >= 4 is 41.7 Å². The maximum absolute atomic E-state index is 13.5. The quantitative estimate of drug-likeness (QED) is 0.0206. The first-order valence-corrected chi connectivity index (χ1v) is 37.3. The van der Waals surface area contributed by atoms with Crippen molar-refractivity contribution in [2.45, 2.75) is 279 Å². The van der Waals surface area contributed by atoms with Crippen molar-refractivity contribution in [2.24, 2.45) is 0 Å². The van der Waals surface area contributed by atoms with Crippen LogP contribution in [0.1, 0.15) is 283 Å². The third-order valence-electron chi connectivity index (χ3n) is 16.1. The molecule has 0 aliphatic heterocycles. The molecule has 0 fully saturated rings. The molecule has 6 nitrogen and oxygen atoms in total. The first kappa shape index (κ1) is 77.4. The van der Waals surface area contributed by atoms with Crippen LogP contribution in [0.25, 0.3) is 27.4 Å². The Morgan fingerprint density at radius 2 is 0.728 bits per heavy atom. The molecule has 463 valence electrons. The van der Waals surface area contributed by atoms with Crippen LogP contribution in [0.15, 0.2) is 71.5 Å². The second kappa shape index (κ2) is 47.6. The molecular formula is C69H114EuF3NO5P2. The molecule has 0 aliphatic carbocycles. The summed E-state index contributed by atoms with van der Waals surface area (Å²) in [7, 11) is -3.77. The number of ketones is 1. The van der Waals surface area contributed by atoms with E-state index in [1.807, 2.05) is 0 Å². The number of carbonyl (C=O) groups excluding carboxylic acids is 1. The summed E-state index contributed by atoms with van der Waals surface area (Å²) >= 11 is 0. The molecular weight excluding hydrogens is 1190 g/mol. The summed E-state index contributed by atoms with van der Waals surface area (Å²) in [6.45, 7) is 13.6. The van der Waals surface area contributed by atoms with Crippen LogP contribution in [0, 0.1) is 49.4 Å². The predicted molar refractivity (Wildman–Crippen MR) is 344 cm³/mol. The van der Waals surface area contributed by atoms with Gasteiger partial charge in [-0.3, -0.25) is 14.2 Å². The van der Waals surface area contributed by atoms with Gasteiger partial charge in [0, 0.05) is 97.4 Å². The molecule has 0 bridgehead atoms. The zero-order valence-electron chi connectivity index (χ0n) is 52.0. The van der Waals surface area contributed by atoms with Gasteiger partial charge < -0.3 is 14.2 Å². The van der Waals surface area contributed by atoms with E-state index in [0.29, 0.717) is 10.8 Å². The molecule has 12 heteroatoms. The summed E-state index contributed by atoms with van der Waals surface area (Å²) in [6, 6.07) is 18.0. The van der Waals surface area contributed by atoms with Crippen molar-refractivity contribution in [3.8, 4) is 11.4 Å². The molecule has 81 heavy (non-hydrogen) atoms. The molecule has 0 aliphatic rings. The van der Waals surface area contributed by atoms with Crippen LogP contribution in [0.3, 0.4) is 0 Å². The Balaban J connectivity index is 0.000000605. The number of rotatable bonds is 44. The average Bonchev–Trinajstić information content (AvgIpc) is 3.56. The Hall–Kier alpha value is -1.57. The molecule has 1 N–H and O–H groups in total. The molecule has 0 saturated carbocycles. The Morgan fingerprint density at radius 3 is 1.05 bits per heavy atom. The molecule has 0 saturated heterocycles. The summed E-state index contributed by atoms with van der Waals surface area (Å²) in [5.41, 5.74) is -2.04. The third-order valence-corrected chi connectivity index (χ3v) is 22.8. The fraction of sp³-hybridized carbons (Fsp3) is 0.710. The maximum atomic E-state index is 13.5. The summed E-state index contributed by atoms with van der Waals surface area (Å²) in [5, 5.41) is 11.7. The minimum absolute atomic E-state index is 0. The van der Waals surface area contributed by atoms with E-state index in [9.17, 15) is 37.0 Å². The zero-order chi connectivity index (χ0) is 58.8. The molecule has 1 radical (unpaired) electrons. The number of fused-ring (bicyclic) bond motifs is 3. The standard InChI is InChI=1S/2C24H51OP.C21H12F3NO3.Eu/c2*1-4-7-10-13-16-19-22-26(25,23-20-17-14-11-8-5-2)24-21-18-15-12-9-6-3;22-21(23,24)19(27)17-18(26)16-14-9-5-4-6-12(14)10-11-15(16)25(20(17)28)13-7-2-1-3-8-13;/h2*4-24H2,1-3H3;1-11,26H;. The number of hydrogen-bond acceptors (Lipinski definition) is 5. The molecule has 0 spiro atoms. The largest absolute Gasteiger partial charge is 0.506 e. The Labute approximate surface area is 533 Å². The van der Waals surface area contributed by atoms with Gasteiger partial charge >= 0.3 is 6.18 Å². The van der Waals surface area contributed by atoms with E-state index in [4.69, 9.17) is 0 Å². The number of unbranched alkanes of at least 4 members (excludes halogenated alkanes) is 30. The summed E-state index contributed by atoms with van der Waals surface area (Å²) in [6.07, 6.45) is 48.5. The van der Waals surface area contributed by atoms with E-state index in [1.165, 1.54) is 249 Å². The van der Waals surface area contributed by atoms with Gasteiger partial charge in [0.2, 0.25) is 0 Å². The molecule has 0 atom stereocenters. The van der Waals surface area contributed by atoms with Gasteiger partial charge in [-0.2, -0.15) is 13.2 Å². The topological polar surface area (TPSA) is 93.4 Å². The zero-order valence-corrected chi connectivity index (χ0v) is 56.2. The van der Waals surface area contributed by atoms with Crippen molar-refractivity contribution in [3.63, 3.8) is 0 Å². The Kier molecular flexibility index (Phi) is 45.5. The number of Topliss-reactive ketones (excluding diaryl/α,β-unsaturated/α-hetero) is 1. The fourth-order valence-electron chi connectivity index (χ4n) is 11.1. The van der Waals surface area contributed by atoms with Gasteiger partial charge in [-0.25, -0.2) is 0 Å². The monoisotopic (exact) mass is 1310 g/mol.